The first-order valence-corrected chi connectivity index (χ1v) is 8.86. The zero-order chi connectivity index (χ0) is 15.2. The molecular weight excluding hydrogens is 274 g/mol. The molecule has 2 heteroatoms. The van der Waals surface area contributed by atoms with Gasteiger partial charge >= 0.3 is 0 Å². The van der Waals surface area contributed by atoms with Crippen molar-refractivity contribution in [1.82, 2.24) is 5.32 Å². The summed E-state index contributed by atoms with van der Waals surface area (Å²) < 4.78 is 0. The average molecular weight is 301 g/mol. The molecule has 0 radical (unpaired) electrons. The molecule has 1 nitrogen and oxygen atoms in total. The van der Waals surface area contributed by atoms with E-state index >= 15 is 0 Å². The monoisotopic (exact) mass is 301 g/mol. The van der Waals surface area contributed by atoms with Gasteiger partial charge in [-0.25, -0.2) is 0 Å². The third kappa shape index (κ3) is 4.42. The maximum absolute atomic E-state index is 3.64. The molecule has 0 fully saturated rings. The minimum atomic E-state index is 0.326. The number of rotatable bonds is 7. The summed E-state index contributed by atoms with van der Waals surface area (Å²) in [5, 5.41) is 3.64. The van der Waals surface area contributed by atoms with Crippen LogP contribution in [0, 0.1) is 5.92 Å². The number of hydrogen-bond acceptors (Lipinski definition) is 2. The van der Waals surface area contributed by atoms with Gasteiger partial charge in [0.25, 0.3) is 0 Å². The zero-order valence-electron chi connectivity index (χ0n) is 13.6. The second kappa shape index (κ2) is 7.77. The van der Waals surface area contributed by atoms with Gasteiger partial charge in [-0.3, -0.25) is 0 Å². The average Bonchev–Trinajstić information content (AvgIpc) is 2.93. The van der Waals surface area contributed by atoms with Gasteiger partial charge in [-0.1, -0.05) is 52.0 Å². The SMILES string of the molecule is CCNC(c1cccc(CC(C)C)c1)c1ccc(CC)s1. The van der Waals surface area contributed by atoms with Gasteiger partial charge in [-0.15, -0.1) is 11.3 Å². The first kappa shape index (κ1) is 16.3. The maximum atomic E-state index is 3.64. The van der Waals surface area contributed by atoms with E-state index in [1.54, 1.807) is 0 Å². The van der Waals surface area contributed by atoms with Gasteiger partial charge < -0.3 is 5.32 Å². The molecule has 0 bridgehead atoms. The fourth-order valence-electron chi connectivity index (χ4n) is 2.70. The molecule has 0 aliphatic heterocycles. The Bertz CT molecular complexity index is 556. The molecule has 0 aliphatic rings. The second-order valence-corrected chi connectivity index (χ2v) is 7.19. The third-order valence-electron chi connectivity index (χ3n) is 3.65. The molecule has 1 heterocycles. The predicted octanol–water partition coefficient (Wildman–Crippen LogP) is 5.21. The van der Waals surface area contributed by atoms with Crippen LogP contribution in [0.3, 0.4) is 0 Å². The standard InChI is InChI=1S/C19H27NS/c1-5-17-10-11-18(21-17)19(20-6-2)16-9-7-8-15(13-16)12-14(3)4/h7-11,13-14,19-20H,5-6,12H2,1-4H3. The molecule has 1 aromatic heterocycles. The van der Waals surface area contributed by atoms with Crippen molar-refractivity contribution in [3.63, 3.8) is 0 Å². The number of hydrogen-bond donors (Lipinski definition) is 1. The Kier molecular flexibility index (Phi) is 6.01. The molecule has 21 heavy (non-hydrogen) atoms. The van der Waals surface area contributed by atoms with Crippen LogP contribution in [-0.4, -0.2) is 6.54 Å². The van der Waals surface area contributed by atoms with E-state index in [0.717, 1.165) is 19.4 Å². The third-order valence-corrected chi connectivity index (χ3v) is 4.95. The summed E-state index contributed by atoms with van der Waals surface area (Å²) in [5.74, 6) is 0.700. The zero-order valence-corrected chi connectivity index (χ0v) is 14.5. The summed E-state index contributed by atoms with van der Waals surface area (Å²) in [6.07, 6.45) is 2.27. The molecule has 0 amide bonds. The number of nitrogens with one attached hydrogen (secondary N) is 1. The van der Waals surface area contributed by atoms with Gasteiger partial charge in [0.1, 0.15) is 0 Å². The Morgan fingerprint density at radius 2 is 1.90 bits per heavy atom. The van der Waals surface area contributed by atoms with Crippen LogP contribution in [0.25, 0.3) is 0 Å². The Balaban J connectivity index is 2.29. The van der Waals surface area contributed by atoms with Crippen LogP contribution in [0.15, 0.2) is 36.4 Å². The van der Waals surface area contributed by atoms with E-state index in [4.69, 9.17) is 0 Å². The van der Waals surface area contributed by atoms with E-state index in [9.17, 15) is 0 Å². The minimum absolute atomic E-state index is 0.326. The van der Waals surface area contributed by atoms with Crippen LogP contribution in [0.4, 0.5) is 0 Å². The van der Waals surface area contributed by atoms with Crippen molar-refractivity contribution in [2.45, 2.75) is 46.6 Å². The summed E-state index contributed by atoms with van der Waals surface area (Å²) in [6.45, 7) is 9.95. The largest absolute Gasteiger partial charge is 0.306 e. The lowest BCUT2D eigenvalue weighted by molar-refractivity contribution is 0.630. The van der Waals surface area contributed by atoms with Gasteiger partial charge in [0.05, 0.1) is 6.04 Å². The summed E-state index contributed by atoms with van der Waals surface area (Å²) in [7, 11) is 0. The fourth-order valence-corrected chi connectivity index (χ4v) is 3.75. The van der Waals surface area contributed by atoms with Gasteiger partial charge in [0.2, 0.25) is 0 Å². The van der Waals surface area contributed by atoms with Crippen molar-refractivity contribution in [3.05, 3.63) is 57.3 Å². The van der Waals surface area contributed by atoms with Crippen LogP contribution in [0.2, 0.25) is 0 Å². The van der Waals surface area contributed by atoms with E-state index < -0.39 is 0 Å². The Morgan fingerprint density at radius 3 is 2.52 bits per heavy atom. The lowest BCUT2D eigenvalue weighted by atomic mass is 9.97. The van der Waals surface area contributed by atoms with Crippen molar-refractivity contribution in [1.29, 1.82) is 0 Å². The summed E-state index contributed by atoms with van der Waals surface area (Å²) in [5.41, 5.74) is 2.83. The molecule has 0 spiro atoms. The highest BCUT2D eigenvalue weighted by Gasteiger charge is 2.15. The van der Waals surface area contributed by atoms with Crippen LogP contribution < -0.4 is 5.32 Å². The van der Waals surface area contributed by atoms with Gasteiger partial charge in [0.15, 0.2) is 0 Å². The molecule has 0 saturated carbocycles. The molecule has 0 aliphatic carbocycles. The Morgan fingerprint density at radius 1 is 1.10 bits per heavy atom. The van der Waals surface area contributed by atoms with Crippen LogP contribution >= 0.6 is 11.3 Å². The Labute approximate surface area is 133 Å². The highest BCUT2D eigenvalue weighted by Crippen LogP contribution is 2.29. The van der Waals surface area contributed by atoms with Crippen LogP contribution in [0.5, 0.6) is 0 Å². The van der Waals surface area contributed by atoms with E-state index in [-0.39, 0.29) is 0 Å². The molecule has 1 unspecified atom stereocenters. The molecule has 1 atom stereocenters. The van der Waals surface area contributed by atoms with Gasteiger partial charge in [-0.2, -0.15) is 0 Å². The molecule has 114 valence electrons. The Hall–Kier alpha value is -1.12. The van der Waals surface area contributed by atoms with Crippen molar-refractivity contribution >= 4 is 11.3 Å². The smallest absolute Gasteiger partial charge is 0.0671 e. The number of benzene rings is 1. The van der Waals surface area contributed by atoms with Gasteiger partial charge in [0, 0.05) is 9.75 Å². The predicted molar refractivity (Wildman–Crippen MR) is 94.2 cm³/mol. The quantitative estimate of drug-likeness (QED) is 0.740. The molecule has 1 aromatic carbocycles. The van der Waals surface area contributed by atoms with E-state index in [2.05, 4.69) is 69.4 Å². The van der Waals surface area contributed by atoms with E-state index in [0.29, 0.717) is 12.0 Å². The normalized spacial score (nSPS) is 12.8. The minimum Gasteiger partial charge on any atom is -0.306 e. The number of thiophene rings is 1. The first-order valence-electron chi connectivity index (χ1n) is 8.04. The van der Waals surface area contributed by atoms with Crippen LogP contribution in [-0.2, 0) is 12.8 Å². The summed E-state index contributed by atoms with van der Waals surface area (Å²) in [4.78, 5) is 2.89. The highest BCUT2D eigenvalue weighted by molar-refractivity contribution is 7.12. The lowest BCUT2D eigenvalue weighted by Crippen LogP contribution is -2.21. The molecule has 0 saturated heterocycles. The summed E-state index contributed by atoms with van der Waals surface area (Å²) >= 11 is 1.93. The topological polar surface area (TPSA) is 12.0 Å². The second-order valence-electron chi connectivity index (χ2n) is 5.99. The van der Waals surface area contributed by atoms with Crippen molar-refractivity contribution in [3.8, 4) is 0 Å². The van der Waals surface area contributed by atoms with Crippen molar-refractivity contribution < 1.29 is 0 Å². The lowest BCUT2D eigenvalue weighted by Gasteiger charge is -2.18. The van der Waals surface area contributed by atoms with Crippen molar-refractivity contribution in [2.24, 2.45) is 5.92 Å². The molecule has 2 aromatic rings. The van der Waals surface area contributed by atoms with E-state index in [1.807, 2.05) is 11.3 Å². The maximum Gasteiger partial charge on any atom is 0.0671 e. The molecular formula is C19H27NS. The highest BCUT2D eigenvalue weighted by atomic mass is 32.1. The summed E-state index contributed by atoms with van der Waals surface area (Å²) in [6, 6.07) is 14.0. The van der Waals surface area contributed by atoms with E-state index in [1.165, 1.54) is 20.9 Å². The molecule has 2 rings (SSSR count). The van der Waals surface area contributed by atoms with Gasteiger partial charge in [-0.05, 0) is 48.6 Å². The van der Waals surface area contributed by atoms with Crippen molar-refractivity contribution in [2.75, 3.05) is 6.54 Å². The molecule has 1 N–H and O–H groups in total. The first-order chi connectivity index (χ1) is 10.1. The van der Waals surface area contributed by atoms with Crippen LogP contribution in [0.1, 0.15) is 54.6 Å². The fraction of sp³-hybridized carbons (Fsp3) is 0.474. The number of aryl methyl sites for hydroxylation is 1.